The quantitative estimate of drug-likeness (QED) is 0.866. The number of hydrogen-bond donors (Lipinski definition) is 1. The summed E-state index contributed by atoms with van der Waals surface area (Å²) in [5.41, 5.74) is 0.870. The lowest BCUT2D eigenvalue weighted by Gasteiger charge is -2.18. The summed E-state index contributed by atoms with van der Waals surface area (Å²) in [6.07, 6.45) is 1.36. The van der Waals surface area contributed by atoms with E-state index in [4.69, 9.17) is 9.47 Å². The van der Waals surface area contributed by atoms with Crippen LogP contribution in [0, 0.1) is 0 Å². The van der Waals surface area contributed by atoms with Gasteiger partial charge >= 0.3 is 0 Å². The first-order valence-electron chi connectivity index (χ1n) is 6.10. The number of methoxy groups -OCH3 is 2. The molecule has 5 nitrogen and oxygen atoms in total. The van der Waals surface area contributed by atoms with E-state index in [1.165, 1.54) is 0 Å². The van der Waals surface area contributed by atoms with Crippen LogP contribution in [-0.4, -0.2) is 49.6 Å². The van der Waals surface area contributed by atoms with Crippen molar-refractivity contribution in [2.45, 2.75) is 25.2 Å². The van der Waals surface area contributed by atoms with Crippen LogP contribution in [0.2, 0.25) is 0 Å². The molecule has 0 aromatic carbocycles. The van der Waals surface area contributed by atoms with Gasteiger partial charge < -0.3 is 19.5 Å². The molecule has 3 atom stereocenters. The molecule has 1 N–H and O–H groups in total. The zero-order chi connectivity index (χ0) is 13.1. The van der Waals surface area contributed by atoms with Crippen molar-refractivity contribution in [3.8, 4) is 0 Å². The first-order chi connectivity index (χ1) is 8.65. The molecule has 5 heteroatoms. The molecule has 0 spiro atoms. The van der Waals surface area contributed by atoms with Gasteiger partial charge in [0.2, 0.25) is 0 Å². The Hall–Kier alpha value is -1.17. The number of hydrogen-bond acceptors (Lipinski definition) is 5. The Morgan fingerprint density at radius 3 is 2.44 bits per heavy atom. The Morgan fingerprint density at radius 2 is 1.94 bits per heavy atom. The average molecular weight is 252 g/mol. The summed E-state index contributed by atoms with van der Waals surface area (Å²) in [6.45, 7) is 3.26. The molecule has 0 aliphatic carbocycles. The molecule has 2 rings (SSSR count). The number of aliphatic hydroxyl groups is 1. The van der Waals surface area contributed by atoms with Gasteiger partial charge in [0.1, 0.15) is 18.0 Å². The second kappa shape index (κ2) is 5.65. The predicted octanol–water partition coefficient (Wildman–Crippen LogP) is 0.985. The summed E-state index contributed by atoms with van der Waals surface area (Å²) < 4.78 is 10.8. The molecular weight excluding hydrogens is 232 g/mol. The molecular formula is C13H20N2O3. The first-order valence-corrected chi connectivity index (χ1v) is 6.10. The van der Waals surface area contributed by atoms with E-state index >= 15 is 0 Å². The molecule has 1 aliphatic rings. The summed E-state index contributed by atoms with van der Waals surface area (Å²) >= 11 is 0. The van der Waals surface area contributed by atoms with Gasteiger partial charge in [0.05, 0.1) is 6.10 Å². The largest absolute Gasteiger partial charge is 0.389 e. The average Bonchev–Trinajstić information content (AvgIpc) is 2.82. The number of pyridine rings is 1. The molecule has 1 aromatic heterocycles. The number of aliphatic hydroxyl groups excluding tert-OH is 1. The molecule has 2 heterocycles. The maximum atomic E-state index is 9.59. The Labute approximate surface area is 107 Å². The van der Waals surface area contributed by atoms with E-state index in [0.29, 0.717) is 0 Å². The van der Waals surface area contributed by atoms with Gasteiger partial charge in [0.15, 0.2) is 0 Å². The zero-order valence-electron chi connectivity index (χ0n) is 11.0. The van der Waals surface area contributed by atoms with Crippen LogP contribution in [0.3, 0.4) is 0 Å². The van der Waals surface area contributed by atoms with Crippen molar-refractivity contribution < 1.29 is 14.6 Å². The number of ether oxygens (including phenoxy) is 2. The molecule has 100 valence electrons. The third-order valence-corrected chi connectivity index (χ3v) is 3.40. The Balaban J connectivity index is 2.15. The van der Waals surface area contributed by atoms with Crippen LogP contribution < -0.4 is 4.90 Å². The molecule has 0 saturated carbocycles. The fourth-order valence-corrected chi connectivity index (χ4v) is 2.25. The van der Waals surface area contributed by atoms with E-state index in [0.717, 1.165) is 24.5 Å². The van der Waals surface area contributed by atoms with Crippen molar-refractivity contribution in [1.82, 2.24) is 4.98 Å². The van der Waals surface area contributed by atoms with Crippen LogP contribution in [0.5, 0.6) is 0 Å². The molecule has 0 amide bonds. The van der Waals surface area contributed by atoms with Gasteiger partial charge in [-0.15, -0.1) is 0 Å². The molecule has 0 bridgehead atoms. The molecule has 1 aliphatic heterocycles. The Kier molecular flexibility index (Phi) is 4.16. The van der Waals surface area contributed by atoms with E-state index in [1.54, 1.807) is 27.3 Å². The van der Waals surface area contributed by atoms with E-state index in [-0.39, 0.29) is 12.2 Å². The maximum Gasteiger partial charge on any atom is 0.129 e. The van der Waals surface area contributed by atoms with Crippen LogP contribution in [-0.2, 0) is 9.47 Å². The highest BCUT2D eigenvalue weighted by Crippen LogP contribution is 2.24. The second-order valence-electron chi connectivity index (χ2n) is 4.58. The van der Waals surface area contributed by atoms with Crippen LogP contribution >= 0.6 is 0 Å². The summed E-state index contributed by atoms with van der Waals surface area (Å²) in [7, 11) is 3.39. The van der Waals surface area contributed by atoms with E-state index in [2.05, 4.69) is 9.88 Å². The lowest BCUT2D eigenvalue weighted by Crippen LogP contribution is -2.27. The van der Waals surface area contributed by atoms with Crippen molar-refractivity contribution in [3.63, 3.8) is 0 Å². The first kappa shape index (κ1) is 13.3. The van der Waals surface area contributed by atoms with Gasteiger partial charge in [-0.1, -0.05) is 0 Å². The fraction of sp³-hybridized carbons (Fsp3) is 0.615. The summed E-state index contributed by atoms with van der Waals surface area (Å²) in [6, 6.07) is 3.74. The number of nitrogens with zero attached hydrogens (tertiary/aromatic N) is 2. The third kappa shape index (κ3) is 2.63. The normalized spacial score (nSPS) is 25.4. The van der Waals surface area contributed by atoms with Gasteiger partial charge in [-0.05, 0) is 24.6 Å². The SMILES string of the molecule is COC1CN(c2cc(C(C)O)ccn2)CC1OC. The monoisotopic (exact) mass is 252 g/mol. The maximum absolute atomic E-state index is 9.59. The minimum Gasteiger partial charge on any atom is -0.389 e. The minimum atomic E-state index is -0.481. The van der Waals surface area contributed by atoms with Gasteiger partial charge in [-0.3, -0.25) is 0 Å². The highest BCUT2D eigenvalue weighted by Gasteiger charge is 2.33. The van der Waals surface area contributed by atoms with Gasteiger partial charge in [0, 0.05) is 33.5 Å². The van der Waals surface area contributed by atoms with Gasteiger partial charge in [0.25, 0.3) is 0 Å². The highest BCUT2D eigenvalue weighted by atomic mass is 16.5. The summed E-state index contributed by atoms with van der Waals surface area (Å²) in [4.78, 5) is 6.46. The van der Waals surface area contributed by atoms with Crippen molar-refractivity contribution >= 4 is 5.82 Å². The molecule has 0 radical (unpaired) electrons. The van der Waals surface area contributed by atoms with Crippen LogP contribution in [0.15, 0.2) is 18.3 Å². The highest BCUT2D eigenvalue weighted by molar-refractivity contribution is 5.43. The molecule has 3 unspecified atom stereocenters. The van der Waals surface area contributed by atoms with Crippen LogP contribution in [0.4, 0.5) is 5.82 Å². The Morgan fingerprint density at radius 1 is 1.33 bits per heavy atom. The molecule has 18 heavy (non-hydrogen) atoms. The van der Waals surface area contributed by atoms with E-state index < -0.39 is 6.10 Å². The molecule has 1 fully saturated rings. The smallest absolute Gasteiger partial charge is 0.129 e. The van der Waals surface area contributed by atoms with Crippen molar-refractivity contribution in [1.29, 1.82) is 0 Å². The number of aromatic nitrogens is 1. The summed E-state index contributed by atoms with van der Waals surface area (Å²) in [5, 5.41) is 9.59. The van der Waals surface area contributed by atoms with E-state index in [9.17, 15) is 5.11 Å². The molecule has 1 saturated heterocycles. The van der Waals surface area contributed by atoms with Gasteiger partial charge in [-0.25, -0.2) is 4.98 Å². The Bertz CT molecular complexity index is 386. The standard InChI is InChI=1S/C13H20N2O3/c1-9(16)10-4-5-14-13(6-10)15-7-11(17-2)12(8-15)18-3/h4-6,9,11-12,16H,7-8H2,1-3H3. The second-order valence-corrected chi connectivity index (χ2v) is 4.58. The van der Waals surface area contributed by atoms with Crippen LogP contribution in [0.1, 0.15) is 18.6 Å². The number of anilines is 1. The lowest BCUT2D eigenvalue weighted by molar-refractivity contribution is -0.00461. The van der Waals surface area contributed by atoms with Crippen LogP contribution in [0.25, 0.3) is 0 Å². The zero-order valence-corrected chi connectivity index (χ0v) is 11.0. The fourth-order valence-electron chi connectivity index (χ4n) is 2.25. The topological polar surface area (TPSA) is 54.8 Å². The van der Waals surface area contributed by atoms with Crippen molar-refractivity contribution in [3.05, 3.63) is 23.9 Å². The predicted molar refractivity (Wildman–Crippen MR) is 68.7 cm³/mol. The molecule has 1 aromatic rings. The lowest BCUT2D eigenvalue weighted by atomic mass is 10.2. The minimum absolute atomic E-state index is 0.0620. The third-order valence-electron chi connectivity index (χ3n) is 3.40. The van der Waals surface area contributed by atoms with Crippen molar-refractivity contribution in [2.75, 3.05) is 32.2 Å². The van der Waals surface area contributed by atoms with E-state index in [1.807, 2.05) is 12.1 Å². The van der Waals surface area contributed by atoms with Crippen molar-refractivity contribution in [2.24, 2.45) is 0 Å². The number of rotatable bonds is 4. The summed E-state index contributed by atoms with van der Waals surface area (Å²) in [5.74, 6) is 0.856. The van der Waals surface area contributed by atoms with Gasteiger partial charge in [-0.2, -0.15) is 0 Å².